The minimum Gasteiger partial charge on any atom is -0.726 e. The van der Waals surface area contributed by atoms with Crippen molar-refractivity contribution in [2.45, 2.75) is 6.92 Å². The van der Waals surface area contributed by atoms with E-state index in [1.165, 1.54) is 5.69 Å². The van der Waals surface area contributed by atoms with E-state index in [1.807, 2.05) is 41.7 Å². The average molecular weight is 427 g/mol. The average Bonchev–Trinajstić information content (AvgIpc) is 2.96. The van der Waals surface area contributed by atoms with Crippen LogP contribution in [0, 0.1) is 6.92 Å². The van der Waals surface area contributed by atoms with Gasteiger partial charge in [-0.25, -0.2) is 17.6 Å². The minimum atomic E-state index is -4.41. The summed E-state index contributed by atoms with van der Waals surface area (Å²) < 4.78 is 34.9. The van der Waals surface area contributed by atoms with Crippen molar-refractivity contribution in [1.82, 2.24) is 9.47 Å². The molecule has 10 nitrogen and oxygen atoms in total. The molecule has 11 heteroatoms. The van der Waals surface area contributed by atoms with Crippen molar-refractivity contribution in [3.8, 4) is 0 Å². The van der Waals surface area contributed by atoms with Crippen molar-refractivity contribution in [3.63, 3.8) is 0 Å². The summed E-state index contributed by atoms with van der Waals surface area (Å²) in [5, 5.41) is 8.76. The highest BCUT2D eigenvalue weighted by atomic mass is 32.3. The van der Waals surface area contributed by atoms with Gasteiger partial charge in [0.1, 0.15) is 5.69 Å². The van der Waals surface area contributed by atoms with Crippen molar-refractivity contribution in [2.75, 3.05) is 46.2 Å². The molecule has 29 heavy (non-hydrogen) atoms. The fraction of sp³-hybridized carbons (Fsp3) is 0.500. The van der Waals surface area contributed by atoms with Gasteiger partial charge in [0, 0.05) is 30.9 Å². The molecule has 162 valence electrons. The van der Waals surface area contributed by atoms with Gasteiger partial charge in [-0.3, -0.25) is 4.18 Å². The summed E-state index contributed by atoms with van der Waals surface area (Å²) in [5.41, 5.74) is 3.23. The summed E-state index contributed by atoms with van der Waals surface area (Å²) in [6.45, 7) is 4.09. The number of hydrogen-bond donors (Lipinski definition) is 0. The number of nitrogens with zero attached hydrogens (tertiary/aromatic N) is 6. The summed E-state index contributed by atoms with van der Waals surface area (Å²) >= 11 is 0. The van der Waals surface area contributed by atoms with E-state index in [0.717, 1.165) is 37.4 Å². The van der Waals surface area contributed by atoms with Crippen LogP contribution in [0.25, 0.3) is 0 Å². The molecule has 0 bridgehead atoms. The minimum absolute atomic E-state index is 0.808. The molecule has 0 aliphatic rings. The van der Waals surface area contributed by atoms with Crippen LogP contribution in [0.2, 0.25) is 0 Å². The lowest BCUT2D eigenvalue weighted by molar-refractivity contribution is -0.657. The summed E-state index contributed by atoms with van der Waals surface area (Å²) in [6.07, 6.45) is 3.92. The molecule has 2 aromatic rings. The van der Waals surface area contributed by atoms with Crippen LogP contribution in [0.4, 0.5) is 17.3 Å². The second kappa shape index (κ2) is 11.0. The van der Waals surface area contributed by atoms with E-state index >= 15 is 0 Å². The third kappa shape index (κ3) is 8.69. The highest BCUT2D eigenvalue weighted by molar-refractivity contribution is 7.80. The lowest BCUT2D eigenvalue weighted by Crippen LogP contribution is -2.28. The van der Waals surface area contributed by atoms with Gasteiger partial charge in [-0.1, -0.05) is 5.11 Å². The van der Waals surface area contributed by atoms with Gasteiger partial charge < -0.3 is 14.4 Å². The highest BCUT2D eigenvalue weighted by Crippen LogP contribution is 2.25. The molecular formula is C18H30N6O4S. The number of imidazole rings is 1. The van der Waals surface area contributed by atoms with Crippen LogP contribution in [-0.4, -0.2) is 63.8 Å². The van der Waals surface area contributed by atoms with Crippen LogP contribution in [0.3, 0.4) is 0 Å². The van der Waals surface area contributed by atoms with Crippen LogP contribution >= 0.6 is 0 Å². The van der Waals surface area contributed by atoms with Crippen molar-refractivity contribution in [1.29, 1.82) is 0 Å². The number of rotatable bonds is 7. The Balaban J connectivity index is 0.000000612. The second-order valence-electron chi connectivity index (χ2n) is 6.79. The molecule has 0 fully saturated rings. The Morgan fingerprint density at radius 1 is 1.21 bits per heavy atom. The third-order valence-electron chi connectivity index (χ3n) is 4.10. The SMILES string of the molecule is COS(=O)(=O)[O-].Cc1cc(N(C)CCN(C)C)ccc1N=Nc1n(C)cc[n+]1C. The molecule has 1 aromatic carbocycles. The van der Waals surface area contributed by atoms with E-state index in [0.29, 0.717) is 0 Å². The zero-order valence-corrected chi connectivity index (χ0v) is 18.8. The number of likely N-dealkylation sites (N-methyl/N-ethyl adjacent to an activating group) is 2. The quantitative estimate of drug-likeness (QED) is 0.288. The van der Waals surface area contributed by atoms with Crippen LogP contribution in [0.15, 0.2) is 40.8 Å². The number of aryl methyl sites for hydroxylation is 3. The zero-order chi connectivity index (χ0) is 22.2. The Morgan fingerprint density at radius 2 is 1.83 bits per heavy atom. The van der Waals surface area contributed by atoms with Crippen LogP contribution < -0.4 is 9.47 Å². The Labute approximate surface area is 173 Å². The molecular weight excluding hydrogens is 396 g/mol. The molecule has 0 aliphatic heterocycles. The first kappa shape index (κ1) is 24.7. The van der Waals surface area contributed by atoms with Crippen LogP contribution in [0.5, 0.6) is 0 Å². The maximum atomic E-state index is 9.22. The maximum absolute atomic E-state index is 9.22. The van der Waals surface area contributed by atoms with Crippen LogP contribution in [-0.2, 0) is 28.7 Å². The molecule has 0 radical (unpaired) electrons. The lowest BCUT2D eigenvalue weighted by atomic mass is 10.1. The molecule has 2 rings (SSSR count). The van der Waals surface area contributed by atoms with E-state index in [1.54, 1.807) is 0 Å². The predicted octanol–water partition coefficient (Wildman–Crippen LogP) is 1.66. The van der Waals surface area contributed by atoms with E-state index in [9.17, 15) is 13.0 Å². The summed E-state index contributed by atoms with van der Waals surface area (Å²) in [5.74, 6) is 0.816. The number of benzene rings is 1. The first-order valence-corrected chi connectivity index (χ1v) is 10.2. The first-order chi connectivity index (χ1) is 13.4. The Kier molecular flexibility index (Phi) is 9.37. The zero-order valence-electron chi connectivity index (χ0n) is 18.0. The molecule has 0 saturated heterocycles. The Hall–Kier alpha value is -2.34. The second-order valence-corrected chi connectivity index (χ2v) is 7.94. The largest absolute Gasteiger partial charge is 0.726 e. The van der Waals surface area contributed by atoms with Crippen molar-refractivity contribution < 1.29 is 21.7 Å². The number of azo groups is 1. The highest BCUT2D eigenvalue weighted by Gasteiger charge is 2.11. The summed E-state index contributed by atoms with van der Waals surface area (Å²) in [6, 6.07) is 6.29. The van der Waals surface area contributed by atoms with E-state index in [-0.39, 0.29) is 0 Å². The van der Waals surface area contributed by atoms with Gasteiger partial charge in [0.15, 0.2) is 0 Å². The van der Waals surface area contributed by atoms with Gasteiger partial charge in [-0.15, -0.1) is 0 Å². The Bertz CT molecular complexity index is 905. The first-order valence-electron chi connectivity index (χ1n) is 8.85. The normalized spacial score (nSPS) is 11.6. The van der Waals surface area contributed by atoms with Gasteiger partial charge in [-0.05, 0) is 44.8 Å². The van der Waals surface area contributed by atoms with Gasteiger partial charge in [0.25, 0.3) is 0 Å². The molecule has 0 spiro atoms. The Morgan fingerprint density at radius 3 is 2.28 bits per heavy atom. The van der Waals surface area contributed by atoms with Gasteiger partial charge in [0.05, 0.1) is 33.6 Å². The fourth-order valence-electron chi connectivity index (χ4n) is 2.29. The fourth-order valence-corrected chi connectivity index (χ4v) is 2.29. The van der Waals surface area contributed by atoms with E-state index in [2.05, 4.69) is 64.4 Å². The number of anilines is 1. The molecule has 0 saturated carbocycles. The predicted molar refractivity (Wildman–Crippen MR) is 110 cm³/mol. The van der Waals surface area contributed by atoms with Crippen molar-refractivity contribution >= 4 is 27.7 Å². The van der Waals surface area contributed by atoms with Gasteiger partial charge in [-0.2, -0.15) is 0 Å². The monoisotopic (exact) mass is 426 g/mol. The maximum Gasteiger partial charge on any atom is 0.421 e. The molecule has 1 aromatic heterocycles. The van der Waals surface area contributed by atoms with Crippen molar-refractivity contribution in [2.24, 2.45) is 24.3 Å². The molecule has 1 heterocycles. The molecule has 0 unspecified atom stereocenters. The van der Waals surface area contributed by atoms with E-state index < -0.39 is 10.4 Å². The molecule has 0 N–H and O–H groups in total. The van der Waals surface area contributed by atoms with Gasteiger partial charge >= 0.3 is 5.95 Å². The molecule has 0 atom stereocenters. The third-order valence-corrected chi connectivity index (χ3v) is 4.51. The molecule has 0 aliphatic carbocycles. The van der Waals surface area contributed by atoms with Crippen LogP contribution in [0.1, 0.15) is 5.56 Å². The smallest absolute Gasteiger partial charge is 0.421 e. The number of hydrogen-bond acceptors (Lipinski definition) is 8. The topological polar surface area (TPSA) is 106 Å². The van der Waals surface area contributed by atoms with Crippen molar-refractivity contribution in [3.05, 3.63) is 36.2 Å². The van der Waals surface area contributed by atoms with Gasteiger partial charge in [0.2, 0.25) is 10.4 Å². The number of aromatic nitrogens is 2. The molecule has 0 amide bonds. The van der Waals surface area contributed by atoms with E-state index in [4.69, 9.17) is 0 Å². The summed E-state index contributed by atoms with van der Waals surface area (Å²) in [7, 11) is 6.61. The summed E-state index contributed by atoms with van der Waals surface area (Å²) in [4.78, 5) is 4.44. The standard InChI is InChI=1S/C17H27N6.CH4O4S/c1-14-13-15(21(4)10-9-20(2)3)7-8-16(14)18-19-17-22(5)11-12-23(17)6;1-5-6(2,3)4/h7-8,11-13H,9-10H2,1-6H3;1H3,(H,2,3,4)/q+1;/p-1. The lowest BCUT2D eigenvalue weighted by Gasteiger charge is -2.22.